The normalized spacial score (nSPS) is 11.8. The summed E-state index contributed by atoms with van der Waals surface area (Å²) in [5.41, 5.74) is 13.2. The van der Waals surface area contributed by atoms with Crippen LogP contribution in [0.3, 0.4) is 0 Å². The van der Waals surface area contributed by atoms with Crippen molar-refractivity contribution in [1.29, 1.82) is 0 Å². The number of anilines is 3. The largest absolute Gasteiger partial charge is 0.456 e. The van der Waals surface area contributed by atoms with Gasteiger partial charge in [-0.3, -0.25) is 0 Å². The lowest BCUT2D eigenvalue weighted by Crippen LogP contribution is -2.10. The number of hydrogen-bond donors (Lipinski definition) is 0. The number of aromatic nitrogens is 1. The molecule has 0 saturated heterocycles. The van der Waals surface area contributed by atoms with Gasteiger partial charge in [-0.25, -0.2) is 0 Å². The number of hydrogen-bond acceptors (Lipinski definition) is 3. The SMILES string of the molecule is c1ccc(-c2ccc3c(c2)oc2cc(N(c4ccc5c6ccccc6n(-c6ccccc6)c5c4)c4ccc(-c5ccccc5)c5sc6ccccc6c45)ccc23)cc1. The van der Waals surface area contributed by atoms with Gasteiger partial charge in [0.15, 0.2) is 0 Å². The zero-order chi connectivity index (χ0) is 38.2. The molecular formula is C54H34N2OS. The second kappa shape index (κ2) is 13.1. The van der Waals surface area contributed by atoms with Gasteiger partial charge in [-0.15, -0.1) is 11.3 Å². The molecule has 3 nitrogen and oxygen atoms in total. The first-order valence-corrected chi connectivity index (χ1v) is 20.5. The molecule has 0 atom stereocenters. The summed E-state index contributed by atoms with van der Waals surface area (Å²) in [6.07, 6.45) is 0. The van der Waals surface area contributed by atoms with Gasteiger partial charge in [-0.05, 0) is 89.0 Å². The van der Waals surface area contributed by atoms with Gasteiger partial charge in [0.05, 0.1) is 16.7 Å². The van der Waals surface area contributed by atoms with Gasteiger partial charge in [-0.1, -0.05) is 133 Å². The fourth-order valence-corrected chi connectivity index (χ4v) is 10.2. The number of benzene rings is 9. The predicted octanol–water partition coefficient (Wildman–Crippen LogP) is 15.9. The minimum atomic E-state index is 0.856. The van der Waals surface area contributed by atoms with Crippen LogP contribution >= 0.6 is 11.3 Å². The quantitative estimate of drug-likeness (QED) is 0.168. The highest BCUT2D eigenvalue weighted by molar-refractivity contribution is 7.26. The van der Waals surface area contributed by atoms with E-state index in [1.165, 1.54) is 53.2 Å². The Labute approximate surface area is 338 Å². The maximum Gasteiger partial charge on any atom is 0.137 e. The van der Waals surface area contributed by atoms with E-state index < -0.39 is 0 Å². The number of rotatable bonds is 6. The summed E-state index contributed by atoms with van der Waals surface area (Å²) in [4.78, 5) is 2.44. The van der Waals surface area contributed by atoms with Crippen molar-refractivity contribution in [2.45, 2.75) is 0 Å². The Bertz CT molecular complexity index is 3510. The molecule has 0 spiro atoms. The summed E-state index contributed by atoms with van der Waals surface area (Å²) in [6.45, 7) is 0. The van der Waals surface area contributed by atoms with E-state index >= 15 is 0 Å². The van der Waals surface area contributed by atoms with Gasteiger partial charge in [0, 0.05) is 64.8 Å². The predicted molar refractivity (Wildman–Crippen MR) is 247 cm³/mol. The van der Waals surface area contributed by atoms with Crippen LogP contribution < -0.4 is 4.90 Å². The fourth-order valence-electron chi connectivity index (χ4n) is 8.94. The van der Waals surface area contributed by atoms with Crippen molar-refractivity contribution in [2.75, 3.05) is 4.90 Å². The molecule has 12 rings (SSSR count). The lowest BCUT2D eigenvalue weighted by Gasteiger charge is -2.27. The van der Waals surface area contributed by atoms with Crippen molar-refractivity contribution in [3.05, 3.63) is 206 Å². The molecule has 3 aromatic heterocycles. The maximum absolute atomic E-state index is 6.76. The molecule has 12 aromatic rings. The van der Waals surface area contributed by atoms with Crippen LogP contribution in [0, 0.1) is 0 Å². The Hall–Kier alpha value is -7.40. The van der Waals surface area contributed by atoms with Gasteiger partial charge < -0.3 is 13.9 Å². The standard InChI is InChI=1S/C54H34N2OS/c1-4-14-35(15-5-1)37-24-27-44-45-29-26-40(34-51(45)57-50(44)32-37)55(39-25-28-43-42-20-10-12-22-47(42)56(49(43)33-39)38-18-8-3-9-19-38)48-31-30-41(36-16-6-2-7-17-36)54-53(48)46-21-11-13-23-52(46)58-54/h1-34H. The molecule has 0 fully saturated rings. The van der Waals surface area contributed by atoms with Crippen molar-refractivity contribution < 1.29 is 4.42 Å². The molecule has 0 saturated carbocycles. The van der Waals surface area contributed by atoms with Gasteiger partial charge in [0.25, 0.3) is 0 Å². The van der Waals surface area contributed by atoms with E-state index in [2.05, 4.69) is 216 Å². The molecule has 0 unspecified atom stereocenters. The van der Waals surface area contributed by atoms with E-state index in [1.54, 1.807) is 0 Å². The Morgan fingerprint density at radius 3 is 1.81 bits per heavy atom. The Morgan fingerprint density at radius 1 is 0.414 bits per heavy atom. The molecule has 0 N–H and O–H groups in total. The van der Waals surface area contributed by atoms with E-state index in [4.69, 9.17) is 4.42 Å². The Balaban J connectivity index is 1.14. The lowest BCUT2D eigenvalue weighted by molar-refractivity contribution is 0.669. The van der Waals surface area contributed by atoms with Crippen molar-refractivity contribution >= 4 is 92.3 Å². The van der Waals surface area contributed by atoms with E-state index in [-0.39, 0.29) is 0 Å². The van der Waals surface area contributed by atoms with Crippen LogP contribution in [0.1, 0.15) is 0 Å². The van der Waals surface area contributed by atoms with Crippen LogP contribution in [0.2, 0.25) is 0 Å². The van der Waals surface area contributed by atoms with Crippen LogP contribution in [-0.4, -0.2) is 4.57 Å². The van der Waals surface area contributed by atoms with Crippen molar-refractivity contribution in [3.63, 3.8) is 0 Å². The summed E-state index contributed by atoms with van der Waals surface area (Å²) >= 11 is 1.87. The molecule has 0 radical (unpaired) electrons. The third-order valence-corrected chi connectivity index (χ3v) is 12.8. The molecule has 0 bridgehead atoms. The zero-order valence-corrected chi connectivity index (χ0v) is 32.2. The van der Waals surface area contributed by atoms with E-state index in [0.717, 1.165) is 55.8 Å². The third kappa shape index (κ3) is 5.12. The first kappa shape index (κ1) is 32.8. The summed E-state index contributed by atoms with van der Waals surface area (Å²) in [5, 5.41) is 7.15. The van der Waals surface area contributed by atoms with E-state index in [0.29, 0.717) is 0 Å². The maximum atomic E-state index is 6.76. The van der Waals surface area contributed by atoms with E-state index in [1.807, 2.05) is 11.3 Å². The lowest BCUT2D eigenvalue weighted by atomic mass is 10.00. The van der Waals surface area contributed by atoms with Crippen molar-refractivity contribution in [1.82, 2.24) is 4.57 Å². The summed E-state index contributed by atoms with van der Waals surface area (Å²) < 4.78 is 11.7. The molecule has 0 aliphatic heterocycles. The molecule has 9 aromatic carbocycles. The molecule has 3 heterocycles. The second-order valence-corrected chi connectivity index (χ2v) is 15.9. The summed E-state index contributed by atoms with van der Waals surface area (Å²) in [7, 11) is 0. The number of fused-ring (bicyclic) bond motifs is 9. The van der Waals surface area contributed by atoms with Crippen LogP contribution in [0.15, 0.2) is 211 Å². The summed E-state index contributed by atoms with van der Waals surface area (Å²) in [5.74, 6) is 0. The molecule has 0 aliphatic carbocycles. The Kier molecular flexibility index (Phi) is 7.40. The molecule has 58 heavy (non-hydrogen) atoms. The molecule has 0 amide bonds. The molecule has 4 heteroatoms. The van der Waals surface area contributed by atoms with E-state index in [9.17, 15) is 0 Å². The first-order valence-electron chi connectivity index (χ1n) is 19.7. The minimum Gasteiger partial charge on any atom is -0.456 e. The highest BCUT2D eigenvalue weighted by Crippen LogP contribution is 2.49. The third-order valence-electron chi connectivity index (χ3n) is 11.6. The van der Waals surface area contributed by atoms with Gasteiger partial charge in [0.2, 0.25) is 0 Å². The van der Waals surface area contributed by atoms with Crippen molar-refractivity contribution in [3.8, 4) is 27.9 Å². The smallest absolute Gasteiger partial charge is 0.137 e. The zero-order valence-electron chi connectivity index (χ0n) is 31.3. The summed E-state index contributed by atoms with van der Waals surface area (Å²) in [6, 6.07) is 74.3. The number of thiophene rings is 1. The van der Waals surface area contributed by atoms with Gasteiger partial charge in [-0.2, -0.15) is 0 Å². The van der Waals surface area contributed by atoms with Crippen LogP contribution in [-0.2, 0) is 0 Å². The van der Waals surface area contributed by atoms with Gasteiger partial charge in [0.1, 0.15) is 11.2 Å². The molecular weight excluding hydrogens is 725 g/mol. The number of para-hydroxylation sites is 2. The fraction of sp³-hybridized carbons (Fsp3) is 0. The monoisotopic (exact) mass is 758 g/mol. The van der Waals surface area contributed by atoms with Crippen molar-refractivity contribution in [2.24, 2.45) is 0 Å². The second-order valence-electron chi connectivity index (χ2n) is 14.9. The Morgan fingerprint density at radius 2 is 1.02 bits per heavy atom. The minimum absolute atomic E-state index is 0.856. The van der Waals surface area contributed by atoms with Crippen LogP contribution in [0.5, 0.6) is 0 Å². The van der Waals surface area contributed by atoms with Gasteiger partial charge >= 0.3 is 0 Å². The number of nitrogens with zero attached hydrogens (tertiary/aromatic N) is 2. The highest BCUT2D eigenvalue weighted by atomic mass is 32.1. The molecule has 272 valence electrons. The topological polar surface area (TPSA) is 21.3 Å². The average molecular weight is 759 g/mol. The number of furan rings is 1. The molecule has 0 aliphatic rings. The van der Waals surface area contributed by atoms with Crippen LogP contribution in [0.25, 0.3) is 91.9 Å². The first-order chi connectivity index (χ1) is 28.8. The average Bonchev–Trinajstić information content (AvgIpc) is 3.97. The highest BCUT2D eigenvalue weighted by Gasteiger charge is 2.23. The van der Waals surface area contributed by atoms with Crippen LogP contribution in [0.4, 0.5) is 17.1 Å².